The van der Waals surface area contributed by atoms with Gasteiger partial charge in [-0.05, 0) is 36.4 Å². The molecule has 0 spiro atoms. The Kier molecular flexibility index (Phi) is 7.03. The van der Waals surface area contributed by atoms with Gasteiger partial charge in [0, 0.05) is 13.3 Å². The van der Waals surface area contributed by atoms with Crippen molar-refractivity contribution in [1.82, 2.24) is 9.97 Å². The average molecular weight is 562 g/mol. The predicted molar refractivity (Wildman–Crippen MR) is 123 cm³/mol. The summed E-state index contributed by atoms with van der Waals surface area (Å²) in [5.41, 5.74) is -2.95. The average Bonchev–Trinajstić information content (AvgIpc) is 3.21. The molecule has 4 rings (SSSR count). The highest BCUT2D eigenvalue weighted by molar-refractivity contribution is 7.92. The van der Waals surface area contributed by atoms with Crippen molar-refractivity contribution in [2.24, 2.45) is 0 Å². The summed E-state index contributed by atoms with van der Waals surface area (Å²) in [6, 6.07) is 6.17. The third-order valence-corrected chi connectivity index (χ3v) is 7.17. The van der Waals surface area contributed by atoms with Gasteiger partial charge in [-0.3, -0.25) is 9.97 Å². The number of fused-ring (bicyclic) bond motifs is 1. The maximum absolute atomic E-state index is 14.8. The molecule has 0 radical (unpaired) electrons. The fourth-order valence-electron chi connectivity index (χ4n) is 3.60. The number of oxazole rings is 1. The number of ether oxygens (including phenoxy) is 1. The van der Waals surface area contributed by atoms with E-state index in [-0.39, 0.29) is 16.1 Å². The standard InChI is InChI=1S/C22H16ClF4N3O6S/c1-35-10-30(37(33,34)13-4-2-3-11(7-13)22(25,26)27)16-8-12(23)9-28-18(16)19(31)17-14(24)5-6-15-20(17)36-21(32)29-15/h2-9,19,31H,10H2,1H3,(H,29,32). The van der Waals surface area contributed by atoms with Crippen molar-refractivity contribution in [2.45, 2.75) is 17.2 Å². The lowest BCUT2D eigenvalue weighted by atomic mass is 10.0. The van der Waals surface area contributed by atoms with E-state index in [1.165, 1.54) is 6.07 Å². The molecule has 0 aliphatic rings. The van der Waals surface area contributed by atoms with Crippen molar-refractivity contribution in [1.29, 1.82) is 0 Å². The molecule has 2 heterocycles. The quantitative estimate of drug-likeness (QED) is 0.256. The molecule has 0 saturated carbocycles. The monoisotopic (exact) mass is 561 g/mol. The highest BCUT2D eigenvalue weighted by Crippen LogP contribution is 2.38. The van der Waals surface area contributed by atoms with Crippen molar-refractivity contribution < 1.29 is 40.2 Å². The van der Waals surface area contributed by atoms with Crippen LogP contribution in [0.15, 0.2) is 62.8 Å². The molecule has 0 aliphatic carbocycles. The van der Waals surface area contributed by atoms with Gasteiger partial charge in [-0.1, -0.05) is 17.7 Å². The van der Waals surface area contributed by atoms with Gasteiger partial charge in [0.15, 0.2) is 5.58 Å². The van der Waals surface area contributed by atoms with Gasteiger partial charge < -0.3 is 14.3 Å². The SMILES string of the molecule is COCN(c1cc(Cl)cnc1C(O)c1c(F)ccc2[nH]c(=O)oc12)S(=O)(=O)c1cccc(C(F)(F)F)c1. The van der Waals surface area contributed by atoms with Crippen LogP contribution in [0.5, 0.6) is 0 Å². The van der Waals surface area contributed by atoms with Crippen LogP contribution in [0.25, 0.3) is 11.1 Å². The van der Waals surface area contributed by atoms with Crippen LogP contribution in [0.1, 0.15) is 22.9 Å². The van der Waals surface area contributed by atoms with Gasteiger partial charge in [0.25, 0.3) is 10.0 Å². The molecule has 2 N–H and O–H groups in total. The van der Waals surface area contributed by atoms with E-state index in [0.717, 1.165) is 37.6 Å². The van der Waals surface area contributed by atoms with Gasteiger partial charge in [-0.2, -0.15) is 13.2 Å². The summed E-state index contributed by atoms with van der Waals surface area (Å²) in [5, 5.41) is 11.0. The van der Waals surface area contributed by atoms with E-state index >= 15 is 0 Å². The summed E-state index contributed by atoms with van der Waals surface area (Å²) in [4.78, 5) is 17.2. The number of nitrogens with one attached hydrogen (secondary N) is 1. The minimum Gasteiger partial charge on any atom is -0.407 e. The molecule has 15 heteroatoms. The molecule has 37 heavy (non-hydrogen) atoms. The fraction of sp³-hybridized carbons (Fsp3) is 0.182. The molecule has 2 aromatic heterocycles. The first kappa shape index (κ1) is 26.6. The summed E-state index contributed by atoms with van der Waals surface area (Å²) in [6.07, 6.45) is -5.80. The number of alkyl halides is 3. The van der Waals surface area contributed by atoms with Gasteiger partial charge >= 0.3 is 11.9 Å². The molecule has 0 aliphatic heterocycles. The minimum atomic E-state index is -4.83. The van der Waals surface area contributed by atoms with Crippen LogP contribution < -0.4 is 10.1 Å². The van der Waals surface area contributed by atoms with Gasteiger partial charge in [-0.15, -0.1) is 0 Å². The van der Waals surface area contributed by atoms with Crippen molar-refractivity contribution in [2.75, 3.05) is 18.1 Å². The first-order chi connectivity index (χ1) is 17.3. The van der Waals surface area contributed by atoms with E-state index in [4.69, 9.17) is 20.8 Å². The lowest BCUT2D eigenvalue weighted by molar-refractivity contribution is -0.137. The molecule has 1 unspecified atom stereocenters. The number of sulfonamides is 1. The number of anilines is 1. The second-order valence-electron chi connectivity index (χ2n) is 7.61. The van der Waals surface area contributed by atoms with E-state index in [0.29, 0.717) is 16.4 Å². The number of nitrogens with zero attached hydrogens (tertiary/aromatic N) is 2. The molecule has 196 valence electrons. The molecule has 0 fully saturated rings. The smallest absolute Gasteiger partial charge is 0.407 e. The Bertz CT molecular complexity index is 1640. The van der Waals surface area contributed by atoms with Gasteiger partial charge in [0.2, 0.25) is 0 Å². The van der Waals surface area contributed by atoms with Crippen LogP contribution in [0.4, 0.5) is 23.2 Å². The number of methoxy groups -OCH3 is 1. The number of hydrogen-bond acceptors (Lipinski definition) is 7. The second kappa shape index (κ2) is 9.78. The Morgan fingerprint density at radius 3 is 2.65 bits per heavy atom. The first-order valence-electron chi connectivity index (χ1n) is 10.2. The number of pyridine rings is 1. The number of rotatable bonds is 7. The molecular formula is C22H16ClF4N3O6S. The lowest BCUT2D eigenvalue weighted by Crippen LogP contribution is -2.34. The van der Waals surface area contributed by atoms with E-state index in [9.17, 15) is 35.9 Å². The molecule has 9 nitrogen and oxygen atoms in total. The highest BCUT2D eigenvalue weighted by Gasteiger charge is 2.35. The zero-order valence-corrected chi connectivity index (χ0v) is 20.2. The number of aliphatic hydroxyl groups excluding tert-OH is 1. The third-order valence-electron chi connectivity index (χ3n) is 5.24. The molecule has 2 aromatic carbocycles. The number of aliphatic hydroxyl groups is 1. The van der Waals surface area contributed by atoms with Crippen LogP contribution >= 0.6 is 11.6 Å². The van der Waals surface area contributed by atoms with Crippen molar-refractivity contribution in [3.05, 3.63) is 86.9 Å². The summed E-state index contributed by atoms with van der Waals surface area (Å²) < 4.78 is 92.0. The maximum atomic E-state index is 14.8. The van der Waals surface area contributed by atoms with E-state index < -0.39 is 68.0 Å². The number of benzene rings is 2. The molecule has 1 atom stereocenters. The zero-order chi connectivity index (χ0) is 27.1. The number of aromatic nitrogens is 2. The van der Waals surface area contributed by atoms with Crippen molar-refractivity contribution >= 4 is 38.4 Å². The highest BCUT2D eigenvalue weighted by atomic mass is 35.5. The number of aromatic amines is 1. The summed E-state index contributed by atoms with van der Waals surface area (Å²) >= 11 is 6.03. The molecule has 0 amide bonds. The predicted octanol–water partition coefficient (Wildman–Crippen LogP) is 4.21. The van der Waals surface area contributed by atoms with Crippen LogP contribution in [0, 0.1) is 5.82 Å². The van der Waals surface area contributed by atoms with Gasteiger partial charge in [-0.25, -0.2) is 21.9 Å². The van der Waals surface area contributed by atoms with Crippen LogP contribution in [0.3, 0.4) is 0 Å². The number of halogens is 5. The summed E-state index contributed by atoms with van der Waals surface area (Å²) in [6.45, 7) is -0.744. The number of hydrogen-bond donors (Lipinski definition) is 2. The Morgan fingerprint density at radius 2 is 1.97 bits per heavy atom. The zero-order valence-electron chi connectivity index (χ0n) is 18.6. The van der Waals surface area contributed by atoms with Crippen molar-refractivity contribution in [3.8, 4) is 0 Å². The molecular weight excluding hydrogens is 546 g/mol. The van der Waals surface area contributed by atoms with Crippen LogP contribution in [0.2, 0.25) is 5.02 Å². The first-order valence-corrected chi connectivity index (χ1v) is 12.0. The van der Waals surface area contributed by atoms with E-state index in [1.807, 2.05) is 0 Å². The number of H-pyrrole nitrogens is 1. The largest absolute Gasteiger partial charge is 0.417 e. The van der Waals surface area contributed by atoms with Crippen LogP contribution in [-0.4, -0.2) is 37.3 Å². The van der Waals surface area contributed by atoms with E-state index in [1.54, 1.807) is 0 Å². The third kappa shape index (κ3) is 5.05. The normalized spacial score (nSPS) is 13.2. The second-order valence-corrected chi connectivity index (χ2v) is 9.91. The van der Waals surface area contributed by atoms with Gasteiger partial charge in [0.1, 0.15) is 18.7 Å². The summed E-state index contributed by atoms with van der Waals surface area (Å²) in [7, 11) is -3.65. The molecule has 0 saturated heterocycles. The van der Waals surface area contributed by atoms with Gasteiger partial charge in [0.05, 0.1) is 37.9 Å². The Morgan fingerprint density at radius 1 is 1.24 bits per heavy atom. The minimum absolute atomic E-state index is 0.0429. The molecule has 4 aromatic rings. The lowest BCUT2D eigenvalue weighted by Gasteiger charge is -2.27. The fourth-order valence-corrected chi connectivity index (χ4v) is 5.18. The van der Waals surface area contributed by atoms with Crippen LogP contribution in [-0.2, 0) is 20.9 Å². The topological polar surface area (TPSA) is 126 Å². The van der Waals surface area contributed by atoms with E-state index in [2.05, 4.69) is 9.97 Å². The maximum Gasteiger partial charge on any atom is 0.417 e. The summed E-state index contributed by atoms with van der Waals surface area (Å²) in [5.74, 6) is -1.95. The molecule has 0 bridgehead atoms. The Balaban J connectivity index is 1.91. The van der Waals surface area contributed by atoms with Crippen molar-refractivity contribution in [3.63, 3.8) is 0 Å². The Labute approximate surface area is 210 Å². The Hall–Kier alpha value is -3.46.